The highest BCUT2D eigenvalue weighted by atomic mass is 16.6. The third kappa shape index (κ3) is 6.03. The van der Waals surface area contributed by atoms with E-state index in [2.05, 4.69) is 25.6 Å². The van der Waals surface area contributed by atoms with E-state index in [-0.39, 0.29) is 29.5 Å². The molecule has 1 aliphatic rings. The van der Waals surface area contributed by atoms with Crippen molar-refractivity contribution in [1.82, 2.24) is 25.0 Å². The zero-order valence-electron chi connectivity index (χ0n) is 27.2. The highest BCUT2D eigenvalue weighted by Gasteiger charge is 2.47. The largest absolute Gasteiger partial charge is 0.497 e. The molecule has 4 aromatic carbocycles. The summed E-state index contributed by atoms with van der Waals surface area (Å²) in [4.78, 5) is 21.3. The lowest BCUT2D eigenvalue weighted by Gasteiger charge is -2.37. The number of fused-ring (bicyclic) bond motifs is 1. The minimum absolute atomic E-state index is 0.134. The zero-order chi connectivity index (χ0) is 34.7. The van der Waals surface area contributed by atoms with E-state index >= 15 is 0 Å². The Morgan fingerprint density at radius 1 is 0.800 bits per heavy atom. The van der Waals surface area contributed by atoms with Gasteiger partial charge in [0.2, 0.25) is 0 Å². The van der Waals surface area contributed by atoms with Gasteiger partial charge in [0.15, 0.2) is 23.2 Å². The molecule has 4 atom stereocenters. The van der Waals surface area contributed by atoms with Gasteiger partial charge in [-0.3, -0.25) is 4.79 Å². The first kappa shape index (κ1) is 32.8. The number of nitrogens with zero attached hydrogens (tertiary/aromatic N) is 5. The van der Waals surface area contributed by atoms with Crippen LogP contribution in [0.1, 0.15) is 33.3 Å². The fraction of sp³-hybridized carbons (Fsp3) is 0.216. The standard InChI is InChI=1S/C37H34N6O7/c1-47-27-17-13-25(14-18-27)37(24-11-7-4-8-12-24,26-15-19-28(48-2)20-16-26)49-21-29-31(44)32(45)36(50-29)43-34-30(41-42-43)33(38-22-39-34)40-35(46)23-9-5-3-6-10-23/h3-20,22,29,31-32,36,44-45H,21H2,1-2H3,(H,38,39,40,46)/t29-,31-,32-,36-/m1/s1. The van der Waals surface area contributed by atoms with Gasteiger partial charge in [-0.05, 0) is 53.1 Å². The Morgan fingerprint density at radius 2 is 1.38 bits per heavy atom. The number of aliphatic hydroxyl groups is 2. The highest BCUT2D eigenvalue weighted by Crippen LogP contribution is 2.43. The molecule has 1 aliphatic heterocycles. The minimum atomic E-state index is -1.42. The van der Waals surface area contributed by atoms with Gasteiger partial charge in [-0.25, -0.2) is 9.97 Å². The Kier molecular flexibility index (Phi) is 9.19. The molecule has 6 aromatic rings. The first-order valence-corrected chi connectivity index (χ1v) is 15.9. The van der Waals surface area contributed by atoms with Gasteiger partial charge in [0, 0.05) is 5.56 Å². The molecule has 0 radical (unpaired) electrons. The number of benzene rings is 4. The smallest absolute Gasteiger partial charge is 0.256 e. The van der Waals surface area contributed by atoms with Crippen LogP contribution >= 0.6 is 0 Å². The molecule has 0 spiro atoms. The monoisotopic (exact) mass is 674 g/mol. The number of hydrogen-bond donors (Lipinski definition) is 3. The van der Waals surface area contributed by atoms with Crippen LogP contribution in [-0.2, 0) is 15.1 Å². The van der Waals surface area contributed by atoms with E-state index in [1.165, 1.54) is 11.0 Å². The van der Waals surface area contributed by atoms with E-state index < -0.39 is 30.1 Å². The number of hydrogen-bond acceptors (Lipinski definition) is 11. The third-order valence-electron chi connectivity index (χ3n) is 8.74. The lowest BCUT2D eigenvalue weighted by Crippen LogP contribution is -2.39. The summed E-state index contributed by atoms with van der Waals surface area (Å²) < 4.78 is 25.3. The molecule has 13 nitrogen and oxygen atoms in total. The van der Waals surface area contributed by atoms with Crippen LogP contribution in [0.4, 0.5) is 5.82 Å². The van der Waals surface area contributed by atoms with Crippen molar-refractivity contribution in [3.05, 3.63) is 138 Å². The van der Waals surface area contributed by atoms with Crippen molar-refractivity contribution in [1.29, 1.82) is 0 Å². The number of aromatic nitrogens is 5. The van der Waals surface area contributed by atoms with Gasteiger partial charge in [0.1, 0.15) is 41.7 Å². The first-order chi connectivity index (χ1) is 24.4. The molecule has 1 fully saturated rings. The fourth-order valence-corrected chi connectivity index (χ4v) is 6.15. The minimum Gasteiger partial charge on any atom is -0.497 e. The molecule has 254 valence electrons. The van der Waals surface area contributed by atoms with Gasteiger partial charge in [0.05, 0.1) is 20.8 Å². The number of rotatable bonds is 11. The average molecular weight is 675 g/mol. The Hall–Kier alpha value is -5.73. The maximum absolute atomic E-state index is 12.8. The normalized spacial score (nSPS) is 19.0. The highest BCUT2D eigenvalue weighted by molar-refractivity contribution is 6.06. The van der Waals surface area contributed by atoms with Crippen molar-refractivity contribution in [2.75, 3.05) is 26.1 Å². The Balaban J connectivity index is 1.20. The van der Waals surface area contributed by atoms with Crippen LogP contribution in [0, 0.1) is 0 Å². The second-order valence-electron chi connectivity index (χ2n) is 11.6. The molecule has 1 saturated heterocycles. The number of aliphatic hydroxyl groups excluding tert-OH is 2. The molecule has 0 bridgehead atoms. The summed E-state index contributed by atoms with van der Waals surface area (Å²) in [5.41, 5.74) is 2.05. The van der Waals surface area contributed by atoms with E-state index in [4.69, 9.17) is 18.9 Å². The van der Waals surface area contributed by atoms with Crippen molar-refractivity contribution in [2.45, 2.75) is 30.1 Å². The summed E-state index contributed by atoms with van der Waals surface area (Å²) in [6, 6.07) is 33.5. The average Bonchev–Trinajstić information content (AvgIpc) is 3.73. The van der Waals surface area contributed by atoms with Crippen molar-refractivity contribution in [3.8, 4) is 11.5 Å². The van der Waals surface area contributed by atoms with Crippen LogP contribution in [-0.4, -0.2) is 80.2 Å². The molecular formula is C37H34N6O7. The summed E-state index contributed by atoms with van der Waals surface area (Å²) in [6.07, 6.45) is -3.70. The van der Waals surface area contributed by atoms with Crippen molar-refractivity contribution < 1.29 is 34.0 Å². The number of carbonyl (C=O) groups excluding carboxylic acids is 1. The molecule has 0 aliphatic carbocycles. The molecule has 3 heterocycles. The SMILES string of the molecule is COc1ccc(C(OC[C@H]2O[C@@H](n3nnc4c(NC(=O)c5ccccc5)ncnc43)[C@H](O)[C@@H]2O)(c2ccccc2)c2ccc(OC)cc2)cc1. The lowest BCUT2D eigenvalue weighted by atomic mass is 9.80. The number of amides is 1. The van der Waals surface area contributed by atoms with Crippen molar-refractivity contribution in [2.24, 2.45) is 0 Å². The maximum atomic E-state index is 12.8. The van der Waals surface area contributed by atoms with E-state index in [0.29, 0.717) is 17.1 Å². The second kappa shape index (κ2) is 14.0. The predicted molar refractivity (Wildman–Crippen MR) is 182 cm³/mol. The van der Waals surface area contributed by atoms with Crippen molar-refractivity contribution >= 4 is 22.9 Å². The number of methoxy groups -OCH3 is 2. The second-order valence-corrected chi connectivity index (χ2v) is 11.6. The summed E-state index contributed by atoms with van der Waals surface area (Å²) in [7, 11) is 3.21. The van der Waals surface area contributed by atoms with E-state index in [9.17, 15) is 15.0 Å². The Morgan fingerprint density at radius 3 is 1.98 bits per heavy atom. The first-order valence-electron chi connectivity index (χ1n) is 15.9. The molecule has 1 amide bonds. The molecule has 50 heavy (non-hydrogen) atoms. The quantitative estimate of drug-likeness (QED) is 0.170. The van der Waals surface area contributed by atoms with Crippen LogP contribution in [0.25, 0.3) is 11.2 Å². The van der Waals surface area contributed by atoms with Crippen LogP contribution in [0.2, 0.25) is 0 Å². The molecule has 0 unspecified atom stereocenters. The number of nitrogens with one attached hydrogen (secondary N) is 1. The van der Waals surface area contributed by atoms with E-state index in [1.807, 2.05) is 84.9 Å². The van der Waals surface area contributed by atoms with E-state index in [0.717, 1.165) is 16.7 Å². The molecule has 2 aromatic heterocycles. The Bertz CT molecular complexity index is 2010. The summed E-state index contributed by atoms with van der Waals surface area (Å²) in [5.74, 6) is 1.10. The number of anilines is 1. The summed E-state index contributed by atoms with van der Waals surface area (Å²) in [6.45, 7) is -0.137. The molecule has 0 saturated carbocycles. The molecule has 13 heteroatoms. The van der Waals surface area contributed by atoms with Crippen LogP contribution < -0.4 is 14.8 Å². The van der Waals surface area contributed by atoms with Gasteiger partial charge >= 0.3 is 0 Å². The van der Waals surface area contributed by atoms with Crippen molar-refractivity contribution in [3.63, 3.8) is 0 Å². The van der Waals surface area contributed by atoms with Crippen LogP contribution in [0.15, 0.2) is 116 Å². The maximum Gasteiger partial charge on any atom is 0.256 e. The van der Waals surface area contributed by atoms with Gasteiger partial charge in [0.25, 0.3) is 5.91 Å². The van der Waals surface area contributed by atoms with Gasteiger partial charge in [-0.1, -0.05) is 78.0 Å². The van der Waals surface area contributed by atoms with Crippen LogP contribution in [0.3, 0.4) is 0 Å². The molecule has 3 N–H and O–H groups in total. The van der Waals surface area contributed by atoms with Gasteiger partial charge in [-0.15, -0.1) is 5.10 Å². The van der Waals surface area contributed by atoms with E-state index in [1.54, 1.807) is 38.5 Å². The number of carbonyl (C=O) groups is 1. The molecule has 7 rings (SSSR count). The summed E-state index contributed by atoms with van der Waals surface area (Å²) >= 11 is 0. The predicted octanol–water partition coefficient (Wildman–Crippen LogP) is 4.12. The zero-order valence-corrected chi connectivity index (χ0v) is 27.2. The lowest BCUT2D eigenvalue weighted by molar-refractivity contribution is -0.0969. The Labute approximate surface area is 287 Å². The summed E-state index contributed by atoms with van der Waals surface area (Å²) in [5, 5.41) is 33.6. The van der Waals surface area contributed by atoms with Gasteiger partial charge in [-0.2, -0.15) is 4.68 Å². The fourth-order valence-electron chi connectivity index (χ4n) is 6.15. The third-order valence-corrected chi connectivity index (χ3v) is 8.74. The molecular weight excluding hydrogens is 640 g/mol. The number of ether oxygens (including phenoxy) is 4. The topological polar surface area (TPSA) is 163 Å². The van der Waals surface area contributed by atoms with Crippen LogP contribution in [0.5, 0.6) is 11.5 Å². The van der Waals surface area contributed by atoms with Gasteiger partial charge < -0.3 is 34.5 Å².